The van der Waals surface area contributed by atoms with Crippen molar-refractivity contribution in [3.8, 4) is 0 Å². The molecule has 1 aromatic carbocycles. The summed E-state index contributed by atoms with van der Waals surface area (Å²) in [4.78, 5) is 11.3. The fraction of sp³-hybridized carbons (Fsp3) is 0.500. The van der Waals surface area contributed by atoms with E-state index in [1.54, 1.807) is 0 Å². The number of carbonyl (C=O) groups is 1. The van der Waals surface area contributed by atoms with Crippen LogP contribution in [0.5, 0.6) is 0 Å². The molecule has 1 fully saturated rings. The topological polar surface area (TPSA) is 29.1 Å². The van der Waals surface area contributed by atoms with Gasteiger partial charge >= 0.3 is 0 Å². The van der Waals surface area contributed by atoms with E-state index in [9.17, 15) is 4.79 Å². The van der Waals surface area contributed by atoms with E-state index < -0.39 is 0 Å². The first-order valence-corrected chi connectivity index (χ1v) is 6.13. The first-order chi connectivity index (χ1) is 7.81. The molecule has 1 N–H and O–H groups in total. The van der Waals surface area contributed by atoms with E-state index in [2.05, 4.69) is 29.6 Å². The zero-order valence-electron chi connectivity index (χ0n) is 9.78. The standard InChI is InChI=1S/C14H19NO/c1-2-6-14(16)15-10-12-9-13(12)11-7-4-3-5-8-11/h3-5,7-8,12-13H,2,6,9-10H2,1H3,(H,15,16)/t12-,13-/m0/s1. The smallest absolute Gasteiger partial charge is 0.219 e. The Morgan fingerprint density at radius 3 is 2.81 bits per heavy atom. The number of rotatable bonds is 5. The van der Waals surface area contributed by atoms with E-state index in [0.717, 1.165) is 13.0 Å². The van der Waals surface area contributed by atoms with Gasteiger partial charge in [-0.25, -0.2) is 0 Å². The molecule has 1 saturated carbocycles. The number of carbonyl (C=O) groups excluding carboxylic acids is 1. The third-order valence-electron chi connectivity index (χ3n) is 3.19. The molecule has 2 nitrogen and oxygen atoms in total. The van der Waals surface area contributed by atoms with Gasteiger partial charge in [0.2, 0.25) is 5.91 Å². The minimum absolute atomic E-state index is 0.196. The Kier molecular flexibility index (Phi) is 3.60. The second kappa shape index (κ2) is 5.15. The molecular formula is C14H19NO. The molecule has 2 rings (SSSR count). The number of nitrogens with one attached hydrogen (secondary N) is 1. The van der Waals surface area contributed by atoms with Crippen molar-refractivity contribution in [3.05, 3.63) is 35.9 Å². The lowest BCUT2D eigenvalue weighted by atomic mass is 10.1. The molecule has 0 saturated heterocycles. The average Bonchev–Trinajstić information content (AvgIpc) is 3.07. The van der Waals surface area contributed by atoms with Gasteiger partial charge in [0.1, 0.15) is 0 Å². The van der Waals surface area contributed by atoms with Crippen LogP contribution < -0.4 is 5.32 Å². The maximum Gasteiger partial charge on any atom is 0.219 e. The summed E-state index contributed by atoms with van der Waals surface area (Å²) in [6, 6.07) is 10.6. The van der Waals surface area contributed by atoms with Crippen LogP contribution in [-0.2, 0) is 4.79 Å². The van der Waals surface area contributed by atoms with Crippen LogP contribution in [0.25, 0.3) is 0 Å². The molecule has 0 spiro atoms. The highest BCUT2D eigenvalue weighted by Gasteiger charge is 2.37. The molecular weight excluding hydrogens is 198 g/mol. The molecule has 0 bridgehead atoms. The Bertz CT molecular complexity index is 347. The number of amides is 1. The van der Waals surface area contributed by atoms with Gasteiger partial charge in [-0.3, -0.25) is 4.79 Å². The number of hydrogen-bond acceptors (Lipinski definition) is 1. The molecule has 0 aliphatic heterocycles. The second-order valence-corrected chi connectivity index (χ2v) is 4.57. The minimum Gasteiger partial charge on any atom is -0.356 e. The first-order valence-electron chi connectivity index (χ1n) is 6.13. The third-order valence-corrected chi connectivity index (χ3v) is 3.19. The zero-order chi connectivity index (χ0) is 11.4. The predicted octanol–water partition coefficient (Wildman–Crippen LogP) is 2.71. The second-order valence-electron chi connectivity index (χ2n) is 4.57. The molecule has 2 heteroatoms. The molecule has 86 valence electrons. The largest absolute Gasteiger partial charge is 0.356 e. The van der Waals surface area contributed by atoms with E-state index in [4.69, 9.17) is 0 Å². The van der Waals surface area contributed by atoms with Gasteiger partial charge in [0.25, 0.3) is 0 Å². The van der Waals surface area contributed by atoms with E-state index >= 15 is 0 Å². The summed E-state index contributed by atoms with van der Waals surface area (Å²) >= 11 is 0. The lowest BCUT2D eigenvalue weighted by Gasteiger charge is -2.03. The quantitative estimate of drug-likeness (QED) is 0.807. The lowest BCUT2D eigenvalue weighted by molar-refractivity contribution is -0.121. The maximum absolute atomic E-state index is 11.3. The Morgan fingerprint density at radius 2 is 2.12 bits per heavy atom. The monoisotopic (exact) mass is 217 g/mol. The summed E-state index contributed by atoms with van der Waals surface area (Å²) < 4.78 is 0. The molecule has 0 unspecified atom stereocenters. The molecule has 0 aromatic heterocycles. The number of benzene rings is 1. The van der Waals surface area contributed by atoms with Crippen molar-refractivity contribution >= 4 is 5.91 Å². The van der Waals surface area contributed by atoms with Crippen LogP contribution in [0, 0.1) is 5.92 Å². The first kappa shape index (κ1) is 11.2. The zero-order valence-corrected chi connectivity index (χ0v) is 9.78. The Labute approximate surface area is 97.1 Å². The predicted molar refractivity (Wildman–Crippen MR) is 65.2 cm³/mol. The van der Waals surface area contributed by atoms with Crippen molar-refractivity contribution in [2.45, 2.75) is 32.1 Å². The van der Waals surface area contributed by atoms with Gasteiger partial charge < -0.3 is 5.32 Å². The van der Waals surface area contributed by atoms with Gasteiger partial charge in [-0.2, -0.15) is 0 Å². The lowest BCUT2D eigenvalue weighted by Crippen LogP contribution is -2.25. The van der Waals surface area contributed by atoms with Gasteiger partial charge in [0, 0.05) is 13.0 Å². The van der Waals surface area contributed by atoms with E-state index in [0.29, 0.717) is 18.3 Å². The highest BCUT2D eigenvalue weighted by molar-refractivity contribution is 5.75. The van der Waals surface area contributed by atoms with Crippen molar-refractivity contribution in [3.63, 3.8) is 0 Å². The normalized spacial score (nSPS) is 22.8. The van der Waals surface area contributed by atoms with Crippen LogP contribution in [0.15, 0.2) is 30.3 Å². The third kappa shape index (κ3) is 2.84. The number of hydrogen-bond donors (Lipinski definition) is 1. The van der Waals surface area contributed by atoms with Crippen LogP contribution in [0.4, 0.5) is 0 Å². The van der Waals surface area contributed by atoms with Crippen LogP contribution in [-0.4, -0.2) is 12.5 Å². The van der Waals surface area contributed by atoms with Gasteiger partial charge in [-0.1, -0.05) is 37.3 Å². The summed E-state index contributed by atoms with van der Waals surface area (Å²) in [6.45, 7) is 2.88. The molecule has 1 aromatic rings. The highest BCUT2D eigenvalue weighted by atomic mass is 16.1. The SMILES string of the molecule is CCCC(=O)NC[C@@H]1C[C@H]1c1ccccc1. The van der Waals surface area contributed by atoms with Gasteiger partial charge in [-0.15, -0.1) is 0 Å². The Morgan fingerprint density at radius 1 is 1.38 bits per heavy atom. The minimum atomic E-state index is 0.196. The van der Waals surface area contributed by atoms with Gasteiger partial charge in [0.05, 0.1) is 0 Å². The molecule has 0 radical (unpaired) electrons. The summed E-state index contributed by atoms with van der Waals surface area (Å²) in [5.41, 5.74) is 1.41. The van der Waals surface area contributed by atoms with E-state index in [-0.39, 0.29) is 5.91 Å². The molecule has 0 heterocycles. The highest BCUT2D eigenvalue weighted by Crippen LogP contribution is 2.46. The molecule has 2 atom stereocenters. The molecule has 16 heavy (non-hydrogen) atoms. The Balaban J connectivity index is 1.74. The van der Waals surface area contributed by atoms with Crippen LogP contribution in [0.2, 0.25) is 0 Å². The maximum atomic E-state index is 11.3. The van der Waals surface area contributed by atoms with Crippen molar-refractivity contribution in [1.82, 2.24) is 5.32 Å². The molecule has 1 aliphatic rings. The van der Waals surface area contributed by atoms with Crippen molar-refractivity contribution in [2.75, 3.05) is 6.54 Å². The van der Waals surface area contributed by atoms with Gasteiger partial charge in [-0.05, 0) is 30.2 Å². The summed E-state index contributed by atoms with van der Waals surface area (Å²) in [5, 5.41) is 3.01. The molecule has 1 amide bonds. The van der Waals surface area contributed by atoms with Gasteiger partial charge in [0.15, 0.2) is 0 Å². The van der Waals surface area contributed by atoms with E-state index in [1.165, 1.54) is 12.0 Å². The summed E-state index contributed by atoms with van der Waals surface area (Å²) in [6.07, 6.45) is 2.80. The fourth-order valence-electron chi connectivity index (χ4n) is 2.14. The molecule has 1 aliphatic carbocycles. The van der Waals surface area contributed by atoms with Crippen LogP contribution in [0.3, 0.4) is 0 Å². The summed E-state index contributed by atoms with van der Waals surface area (Å²) in [7, 11) is 0. The van der Waals surface area contributed by atoms with Crippen LogP contribution >= 0.6 is 0 Å². The van der Waals surface area contributed by atoms with Crippen molar-refractivity contribution < 1.29 is 4.79 Å². The summed E-state index contributed by atoms with van der Waals surface area (Å²) in [5.74, 6) is 1.52. The van der Waals surface area contributed by atoms with Crippen LogP contribution in [0.1, 0.15) is 37.7 Å². The van der Waals surface area contributed by atoms with Crippen molar-refractivity contribution in [1.29, 1.82) is 0 Å². The fourth-order valence-corrected chi connectivity index (χ4v) is 2.14. The van der Waals surface area contributed by atoms with Crippen molar-refractivity contribution in [2.24, 2.45) is 5.92 Å². The van der Waals surface area contributed by atoms with E-state index in [1.807, 2.05) is 13.0 Å². The Hall–Kier alpha value is -1.31. The average molecular weight is 217 g/mol.